The van der Waals surface area contributed by atoms with Crippen LogP contribution in [0.15, 0.2) is 54.6 Å². The van der Waals surface area contributed by atoms with Crippen LogP contribution in [0.2, 0.25) is 0 Å². The number of nitrogens with one attached hydrogen (secondary N) is 1. The second-order valence-corrected chi connectivity index (χ2v) is 6.01. The third kappa shape index (κ3) is 4.49. The molecule has 2 N–H and O–H groups in total. The summed E-state index contributed by atoms with van der Waals surface area (Å²) in [6, 6.07) is 19.0. The molecule has 1 aliphatic rings. The highest BCUT2D eigenvalue weighted by molar-refractivity contribution is 5.85. The maximum absolute atomic E-state index is 9.37. The van der Waals surface area contributed by atoms with Crippen molar-refractivity contribution in [3.63, 3.8) is 0 Å². The Morgan fingerprint density at radius 3 is 2.14 bits per heavy atom. The summed E-state index contributed by atoms with van der Waals surface area (Å²) in [7, 11) is 0. The molecule has 2 aromatic carbocycles. The monoisotopic (exact) mass is 317 g/mol. The maximum Gasteiger partial charge on any atom is 0.115 e. The Kier molecular flexibility index (Phi) is 6.29. The summed E-state index contributed by atoms with van der Waals surface area (Å²) >= 11 is 0. The van der Waals surface area contributed by atoms with E-state index in [-0.39, 0.29) is 12.4 Å². The molecule has 1 saturated carbocycles. The van der Waals surface area contributed by atoms with Crippen LogP contribution < -0.4 is 5.32 Å². The summed E-state index contributed by atoms with van der Waals surface area (Å²) in [5.41, 5.74) is 2.73. The van der Waals surface area contributed by atoms with E-state index in [0.717, 1.165) is 6.54 Å². The molecule has 3 rings (SSSR count). The Bertz CT molecular complexity index is 547. The van der Waals surface area contributed by atoms with Crippen LogP contribution in [0.3, 0.4) is 0 Å². The van der Waals surface area contributed by atoms with Crippen molar-refractivity contribution in [3.8, 4) is 5.75 Å². The molecule has 1 aliphatic carbocycles. The number of benzene rings is 2. The average molecular weight is 318 g/mol. The van der Waals surface area contributed by atoms with Crippen molar-refractivity contribution < 1.29 is 5.11 Å². The Morgan fingerprint density at radius 1 is 0.864 bits per heavy atom. The molecule has 0 aromatic heterocycles. The molecule has 0 amide bonds. The van der Waals surface area contributed by atoms with Crippen LogP contribution in [0.5, 0.6) is 5.75 Å². The first kappa shape index (κ1) is 16.9. The van der Waals surface area contributed by atoms with Gasteiger partial charge in [0.25, 0.3) is 0 Å². The van der Waals surface area contributed by atoms with Crippen molar-refractivity contribution in [2.24, 2.45) is 0 Å². The molecule has 2 aromatic rings. The molecule has 0 radical (unpaired) electrons. The van der Waals surface area contributed by atoms with Crippen molar-refractivity contribution in [1.82, 2.24) is 5.32 Å². The zero-order valence-electron chi connectivity index (χ0n) is 12.7. The number of hydrogen-bond acceptors (Lipinski definition) is 2. The van der Waals surface area contributed by atoms with E-state index in [2.05, 4.69) is 47.8 Å². The topological polar surface area (TPSA) is 32.3 Å². The molecule has 0 heterocycles. The first-order chi connectivity index (χ1) is 10.3. The van der Waals surface area contributed by atoms with E-state index in [1.165, 1.54) is 36.8 Å². The minimum atomic E-state index is 0. The van der Waals surface area contributed by atoms with Gasteiger partial charge in [0.15, 0.2) is 0 Å². The maximum atomic E-state index is 9.37. The van der Waals surface area contributed by atoms with Gasteiger partial charge in [0.05, 0.1) is 0 Å². The normalized spacial score (nSPS) is 21.1. The highest BCUT2D eigenvalue weighted by Gasteiger charge is 2.21. The van der Waals surface area contributed by atoms with Gasteiger partial charge < -0.3 is 10.4 Å². The summed E-state index contributed by atoms with van der Waals surface area (Å²) in [5, 5.41) is 13.0. The Hall–Kier alpha value is -1.51. The van der Waals surface area contributed by atoms with Crippen molar-refractivity contribution in [1.29, 1.82) is 0 Å². The fourth-order valence-electron chi connectivity index (χ4n) is 3.24. The number of rotatable bonds is 4. The summed E-state index contributed by atoms with van der Waals surface area (Å²) in [6.45, 7) is 0.968. The number of phenolic OH excluding ortho intramolecular Hbond substituents is 1. The molecule has 3 heteroatoms. The van der Waals surface area contributed by atoms with Crippen LogP contribution in [-0.2, 0) is 6.54 Å². The summed E-state index contributed by atoms with van der Waals surface area (Å²) in [6.07, 6.45) is 4.94. The Morgan fingerprint density at radius 2 is 1.50 bits per heavy atom. The molecule has 118 valence electrons. The molecule has 0 bridgehead atoms. The van der Waals surface area contributed by atoms with E-state index < -0.39 is 0 Å². The van der Waals surface area contributed by atoms with Crippen LogP contribution in [0, 0.1) is 0 Å². The number of phenols is 1. The quantitative estimate of drug-likeness (QED) is 0.861. The molecular formula is C19H24ClNO. The zero-order valence-corrected chi connectivity index (χ0v) is 13.6. The first-order valence-electron chi connectivity index (χ1n) is 7.87. The SMILES string of the molecule is Cl.Oc1ccc(C2CCC(NCc3ccccc3)CC2)cc1. The molecule has 2 nitrogen and oxygen atoms in total. The van der Waals surface area contributed by atoms with E-state index in [9.17, 15) is 5.11 Å². The van der Waals surface area contributed by atoms with E-state index in [1.54, 1.807) is 12.1 Å². The van der Waals surface area contributed by atoms with Crippen LogP contribution in [0.1, 0.15) is 42.7 Å². The first-order valence-corrected chi connectivity index (χ1v) is 7.87. The lowest BCUT2D eigenvalue weighted by atomic mass is 9.81. The molecule has 0 aliphatic heterocycles. The number of halogens is 1. The van der Waals surface area contributed by atoms with E-state index in [0.29, 0.717) is 17.7 Å². The third-order valence-corrected chi connectivity index (χ3v) is 4.53. The summed E-state index contributed by atoms with van der Waals surface area (Å²) in [4.78, 5) is 0. The third-order valence-electron chi connectivity index (χ3n) is 4.53. The predicted octanol–water partition coefficient (Wildman–Crippen LogP) is 4.63. The molecule has 1 fully saturated rings. The molecule has 0 unspecified atom stereocenters. The molecule has 0 atom stereocenters. The number of aromatic hydroxyl groups is 1. The molecular weight excluding hydrogens is 294 g/mol. The van der Waals surface area contributed by atoms with Gasteiger partial charge >= 0.3 is 0 Å². The molecule has 0 saturated heterocycles. The lowest BCUT2D eigenvalue weighted by Gasteiger charge is -2.29. The Labute approximate surface area is 139 Å². The van der Waals surface area contributed by atoms with Crippen molar-refractivity contribution in [2.45, 2.75) is 44.2 Å². The highest BCUT2D eigenvalue weighted by atomic mass is 35.5. The predicted molar refractivity (Wildman–Crippen MR) is 93.6 cm³/mol. The van der Waals surface area contributed by atoms with Gasteiger partial charge in [-0.3, -0.25) is 0 Å². The fourth-order valence-corrected chi connectivity index (χ4v) is 3.24. The van der Waals surface area contributed by atoms with Crippen molar-refractivity contribution >= 4 is 12.4 Å². The summed E-state index contributed by atoms with van der Waals surface area (Å²) in [5.74, 6) is 1.01. The van der Waals surface area contributed by atoms with E-state index in [4.69, 9.17) is 0 Å². The van der Waals surface area contributed by atoms with Crippen LogP contribution in [0.25, 0.3) is 0 Å². The van der Waals surface area contributed by atoms with Gasteiger partial charge in [0.1, 0.15) is 5.75 Å². The van der Waals surface area contributed by atoms with Crippen LogP contribution in [-0.4, -0.2) is 11.1 Å². The highest BCUT2D eigenvalue weighted by Crippen LogP contribution is 2.33. The molecule has 0 spiro atoms. The Balaban J connectivity index is 0.00000176. The summed E-state index contributed by atoms with van der Waals surface area (Å²) < 4.78 is 0. The van der Waals surface area contributed by atoms with E-state index in [1.807, 2.05) is 0 Å². The van der Waals surface area contributed by atoms with Gasteiger partial charge in [0, 0.05) is 12.6 Å². The standard InChI is InChI=1S/C19H23NO.ClH/c21-19-12-8-17(9-13-19)16-6-10-18(11-7-16)20-14-15-4-2-1-3-5-15;/h1-5,8-9,12-13,16,18,20-21H,6-7,10-11,14H2;1H. The zero-order chi connectivity index (χ0) is 14.5. The second-order valence-electron chi connectivity index (χ2n) is 6.01. The van der Waals surface area contributed by atoms with Gasteiger partial charge in [-0.25, -0.2) is 0 Å². The van der Waals surface area contributed by atoms with Gasteiger partial charge in [-0.2, -0.15) is 0 Å². The van der Waals surface area contributed by atoms with Gasteiger partial charge in [-0.05, 0) is 54.9 Å². The number of hydrogen-bond donors (Lipinski definition) is 2. The van der Waals surface area contributed by atoms with Crippen LogP contribution >= 0.6 is 12.4 Å². The fraction of sp³-hybridized carbons (Fsp3) is 0.368. The van der Waals surface area contributed by atoms with Crippen molar-refractivity contribution in [2.75, 3.05) is 0 Å². The molecule has 22 heavy (non-hydrogen) atoms. The van der Waals surface area contributed by atoms with Crippen molar-refractivity contribution in [3.05, 3.63) is 65.7 Å². The lowest BCUT2D eigenvalue weighted by Crippen LogP contribution is -2.32. The average Bonchev–Trinajstić information content (AvgIpc) is 2.55. The largest absolute Gasteiger partial charge is 0.508 e. The minimum absolute atomic E-state index is 0. The van der Waals surface area contributed by atoms with Gasteiger partial charge in [-0.1, -0.05) is 42.5 Å². The second kappa shape index (κ2) is 8.21. The van der Waals surface area contributed by atoms with Gasteiger partial charge in [0.2, 0.25) is 0 Å². The van der Waals surface area contributed by atoms with Crippen LogP contribution in [0.4, 0.5) is 0 Å². The lowest BCUT2D eigenvalue weighted by molar-refractivity contribution is 0.341. The van der Waals surface area contributed by atoms with Gasteiger partial charge in [-0.15, -0.1) is 12.4 Å². The minimum Gasteiger partial charge on any atom is -0.508 e. The van der Waals surface area contributed by atoms with E-state index >= 15 is 0 Å². The smallest absolute Gasteiger partial charge is 0.115 e.